The van der Waals surface area contributed by atoms with Crippen LogP contribution in [-0.2, 0) is 4.79 Å². The van der Waals surface area contributed by atoms with Crippen molar-refractivity contribution in [2.45, 2.75) is 19.4 Å². The van der Waals surface area contributed by atoms with Crippen molar-refractivity contribution in [3.63, 3.8) is 0 Å². The van der Waals surface area contributed by atoms with Gasteiger partial charge in [-0.1, -0.05) is 0 Å². The number of halogens is 3. The maximum atomic E-state index is 11.7. The van der Waals surface area contributed by atoms with Crippen molar-refractivity contribution in [1.29, 1.82) is 0 Å². The van der Waals surface area contributed by atoms with Gasteiger partial charge in [-0.3, -0.25) is 4.79 Å². The van der Waals surface area contributed by atoms with E-state index in [1.54, 1.807) is 13.8 Å². The van der Waals surface area contributed by atoms with Crippen LogP contribution in [0.4, 0.5) is 13.2 Å². The minimum atomic E-state index is -4.19. The zero-order chi connectivity index (χ0) is 12.1. The van der Waals surface area contributed by atoms with Gasteiger partial charge in [-0.05, 0) is 25.6 Å². The minimum Gasteiger partial charge on any atom is -0.369 e. The molecule has 7 heteroatoms. The van der Waals surface area contributed by atoms with Crippen molar-refractivity contribution in [2.24, 2.45) is 11.1 Å². The van der Waals surface area contributed by atoms with Crippen molar-refractivity contribution < 1.29 is 18.0 Å². The fraction of sp³-hybridized carbons (Fsp3) is 0.875. The molecule has 0 aromatic rings. The molecule has 0 radical (unpaired) electrons. The van der Waals surface area contributed by atoms with Crippen LogP contribution in [0.3, 0.4) is 0 Å². The number of carbonyl (C=O) groups is 1. The normalized spacial score (nSPS) is 12.9. The maximum absolute atomic E-state index is 11.7. The third kappa shape index (κ3) is 7.49. The molecule has 0 rings (SSSR count). The number of thioether (sulfide) groups is 1. The number of carbonyl (C=O) groups excluding carboxylic acids is 1. The van der Waals surface area contributed by atoms with Crippen molar-refractivity contribution in [3.8, 4) is 0 Å². The fourth-order valence-electron chi connectivity index (χ4n) is 0.727. The lowest BCUT2D eigenvalue weighted by Gasteiger charge is -2.20. The van der Waals surface area contributed by atoms with Crippen LogP contribution in [0.15, 0.2) is 0 Å². The highest BCUT2D eigenvalue weighted by atomic mass is 32.2. The number of rotatable bonds is 6. The summed E-state index contributed by atoms with van der Waals surface area (Å²) in [5, 5.41) is 2.76. The van der Waals surface area contributed by atoms with E-state index >= 15 is 0 Å². The lowest BCUT2D eigenvalue weighted by atomic mass is 9.93. The molecule has 0 aliphatic carbocycles. The average Bonchev–Trinajstić information content (AvgIpc) is 2.00. The number of primary amides is 1. The smallest absolute Gasteiger partial charge is 0.369 e. The predicted molar refractivity (Wildman–Crippen MR) is 54.4 cm³/mol. The van der Waals surface area contributed by atoms with Gasteiger partial charge in [0, 0.05) is 18.8 Å². The van der Waals surface area contributed by atoms with Gasteiger partial charge in [0.25, 0.3) is 0 Å². The molecule has 0 atom stereocenters. The highest BCUT2D eigenvalue weighted by Crippen LogP contribution is 2.29. The Bertz CT molecular complexity index is 218. The molecular weight excluding hydrogens is 229 g/mol. The Hall–Kier alpha value is -0.430. The van der Waals surface area contributed by atoms with E-state index in [4.69, 9.17) is 5.73 Å². The number of hydrogen-bond acceptors (Lipinski definition) is 3. The first-order valence-corrected chi connectivity index (χ1v) is 5.35. The topological polar surface area (TPSA) is 55.1 Å². The molecule has 0 unspecified atom stereocenters. The highest BCUT2D eigenvalue weighted by molar-refractivity contribution is 8.00. The summed E-state index contributed by atoms with van der Waals surface area (Å²) in [5.41, 5.74) is 0.163. The number of nitrogens with one attached hydrogen (secondary N) is 1. The first-order valence-electron chi connectivity index (χ1n) is 4.36. The summed E-state index contributed by atoms with van der Waals surface area (Å²) >= 11 is -0.0861. The third-order valence-corrected chi connectivity index (χ3v) is 2.51. The number of hydrogen-bond donors (Lipinski definition) is 2. The van der Waals surface area contributed by atoms with Crippen LogP contribution in [0.25, 0.3) is 0 Å². The zero-order valence-electron chi connectivity index (χ0n) is 8.65. The number of alkyl halides is 3. The average molecular weight is 244 g/mol. The molecule has 1 amide bonds. The van der Waals surface area contributed by atoms with Crippen LogP contribution >= 0.6 is 11.8 Å². The molecule has 0 aliphatic rings. The second-order valence-electron chi connectivity index (χ2n) is 3.72. The lowest BCUT2D eigenvalue weighted by molar-refractivity contribution is -0.125. The van der Waals surface area contributed by atoms with Crippen LogP contribution in [0, 0.1) is 5.41 Å². The molecule has 15 heavy (non-hydrogen) atoms. The van der Waals surface area contributed by atoms with Gasteiger partial charge in [0.1, 0.15) is 0 Å². The van der Waals surface area contributed by atoms with Crippen molar-refractivity contribution >= 4 is 17.7 Å². The van der Waals surface area contributed by atoms with E-state index in [1.807, 2.05) is 0 Å². The standard InChI is InChI=1S/C8H15F3N2OS/c1-7(2,6(12)14)5-13-3-4-15-8(9,10)11/h13H,3-5H2,1-2H3,(H2,12,14). The molecule has 0 spiro atoms. The first-order chi connectivity index (χ1) is 6.65. The van der Waals surface area contributed by atoms with Crippen molar-refractivity contribution in [2.75, 3.05) is 18.8 Å². The maximum Gasteiger partial charge on any atom is 0.441 e. The Morgan fingerprint density at radius 1 is 1.40 bits per heavy atom. The van der Waals surface area contributed by atoms with Gasteiger partial charge in [-0.2, -0.15) is 13.2 Å². The van der Waals surface area contributed by atoms with E-state index < -0.39 is 16.8 Å². The Labute approximate surface area is 91.0 Å². The van der Waals surface area contributed by atoms with E-state index in [0.29, 0.717) is 0 Å². The van der Waals surface area contributed by atoms with E-state index in [2.05, 4.69) is 5.32 Å². The molecular formula is C8H15F3N2OS. The van der Waals surface area contributed by atoms with Crippen LogP contribution in [-0.4, -0.2) is 30.3 Å². The lowest BCUT2D eigenvalue weighted by Crippen LogP contribution is -2.41. The summed E-state index contributed by atoms with van der Waals surface area (Å²) < 4.78 is 35.1. The molecule has 0 bridgehead atoms. The number of amides is 1. The van der Waals surface area contributed by atoms with Crippen LogP contribution < -0.4 is 11.1 Å². The van der Waals surface area contributed by atoms with Gasteiger partial charge in [0.2, 0.25) is 5.91 Å². The van der Waals surface area contributed by atoms with Gasteiger partial charge in [0.05, 0.1) is 5.41 Å². The Morgan fingerprint density at radius 3 is 2.33 bits per heavy atom. The first kappa shape index (κ1) is 14.6. The largest absolute Gasteiger partial charge is 0.441 e. The Balaban J connectivity index is 3.60. The molecule has 0 aromatic carbocycles. The summed E-state index contributed by atoms with van der Waals surface area (Å²) in [5.74, 6) is -0.545. The molecule has 0 aliphatic heterocycles. The summed E-state index contributed by atoms with van der Waals surface area (Å²) in [7, 11) is 0. The molecule has 0 saturated heterocycles. The third-order valence-electron chi connectivity index (χ3n) is 1.78. The van der Waals surface area contributed by atoms with E-state index in [0.717, 1.165) is 0 Å². The summed E-state index contributed by atoms with van der Waals surface area (Å²) in [6.45, 7) is 3.75. The second kappa shape index (κ2) is 5.60. The minimum absolute atomic E-state index is 0.0711. The molecule has 0 heterocycles. The molecule has 0 fully saturated rings. The molecule has 0 saturated carbocycles. The van der Waals surface area contributed by atoms with Gasteiger partial charge >= 0.3 is 5.51 Å². The quantitative estimate of drug-likeness (QED) is 0.693. The summed E-state index contributed by atoms with van der Waals surface area (Å²) in [6.07, 6.45) is 0. The van der Waals surface area contributed by atoms with Gasteiger partial charge in [-0.25, -0.2) is 0 Å². The second-order valence-corrected chi connectivity index (χ2v) is 4.88. The SMILES string of the molecule is CC(C)(CNCCSC(F)(F)F)C(N)=O. The van der Waals surface area contributed by atoms with Crippen LogP contribution in [0.1, 0.15) is 13.8 Å². The van der Waals surface area contributed by atoms with Gasteiger partial charge in [-0.15, -0.1) is 0 Å². The highest BCUT2D eigenvalue weighted by Gasteiger charge is 2.28. The van der Waals surface area contributed by atoms with Crippen LogP contribution in [0.5, 0.6) is 0 Å². The fourth-order valence-corrected chi connectivity index (χ4v) is 1.20. The van der Waals surface area contributed by atoms with Gasteiger partial charge < -0.3 is 11.1 Å². The molecule has 3 nitrogen and oxygen atoms in total. The van der Waals surface area contributed by atoms with E-state index in [-0.39, 0.29) is 30.6 Å². The predicted octanol–water partition coefficient (Wildman–Crippen LogP) is 1.34. The Kier molecular flexibility index (Phi) is 5.44. The van der Waals surface area contributed by atoms with Gasteiger partial charge in [0.15, 0.2) is 0 Å². The van der Waals surface area contributed by atoms with E-state index in [9.17, 15) is 18.0 Å². The molecule has 90 valence electrons. The van der Waals surface area contributed by atoms with Crippen molar-refractivity contribution in [1.82, 2.24) is 5.32 Å². The molecule has 0 aromatic heterocycles. The van der Waals surface area contributed by atoms with Crippen molar-refractivity contribution in [3.05, 3.63) is 0 Å². The monoisotopic (exact) mass is 244 g/mol. The Morgan fingerprint density at radius 2 is 1.93 bits per heavy atom. The summed E-state index contributed by atoms with van der Waals surface area (Å²) in [6, 6.07) is 0. The summed E-state index contributed by atoms with van der Waals surface area (Å²) in [4.78, 5) is 10.8. The van der Waals surface area contributed by atoms with E-state index in [1.165, 1.54) is 0 Å². The molecule has 3 N–H and O–H groups in total. The van der Waals surface area contributed by atoms with Crippen LogP contribution in [0.2, 0.25) is 0 Å². The number of nitrogens with two attached hydrogens (primary N) is 1. The zero-order valence-corrected chi connectivity index (χ0v) is 9.47.